The summed E-state index contributed by atoms with van der Waals surface area (Å²) in [6.07, 6.45) is 4.51. The average molecular weight is 501 g/mol. The quantitative estimate of drug-likeness (QED) is 0.397. The van der Waals surface area contributed by atoms with E-state index in [0.717, 1.165) is 6.20 Å². The van der Waals surface area contributed by atoms with E-state index < -0.39 is 20.9 Å². The summed E-state index contributed by atoms with van der Waals surface area (Å²) < 4.78 is 59.2. The summed E-state index contributed by atoms with van der Waals surface area (Å²) in [7, 11) is -3.15. The second-order valence-electron chi connectivity index (χ2n) is 8.43. The topological polar surface area (TPSA) is 107 Å². The van der Waals surface area contributed by atoms with E-state index in [1.54, 1.807) is 39.9 Å². The Balaban J connectivity index is 1.48. The number of anilines is 1. The zero-order valence-electron chi connectivity index (χ0n) is 18.8. The standard InChI is InChI=1S/C23H22F2N6O3S/c1-35(32,33)16-6-9-30(10-7-16)23-18(25)13-26-22(27-23)20-12-21(19-8-11-34-29-19)31(28-20)14-15-4-2-3-5-17(15)24/h2-5,8,11-13,16H,6-7,9-10,14H2,1H3. The smallest absolute Gasteiger partial charge is 0.183 e. The molecule has 1 aliphatic heterocycles. The summed E-state index contributed by atoms with van der Waals surface area (Å²) >= 11 is 0. The van der Waals surface area contributed by atoms with Crippen LogP contribution in [-0.2, 0) is 16.4 Å². The number of hydrogen-bond donors (Lipinski definition) is 0. The third-order valence-electron chi connectivity index (χ3n) is 6.06. The Morgan fingerprint density at radius 1 is 1.09 bits per heavy atom. The normalized spacial score (nSPS) is 15.0. The monoisotopic (exact) mass is 500 g/mol. The molecule has 0 atom stereocenters. The Morgan fingerprint density at radius 2 is 1.86 bits per heavy atom. The van der Waals surface area contributed by atoms with Crippen LogP contribution in [0.15, 0.2) is 53.4 Å². The first-order valence-electron chi connectivity index (χ1n) is 11.0. The summed E-state index contributed by atoms with van der Waals surface area (Å²) in [4.78, 5) is 10.2. The van der Waals surface area contributed by atoms with Crippen molar-refractivity contribution >= 4 is 15.7 Å². The molecular weight excluding hydrogens is 478 g/mol. The molecule has 35 heavy (non-hydrogen) atoms. The summed E-state index contributed by atoms with van der Waals surface area (Å²) in [5.41, 5.74) is 1.83. The molecule has 1 aromatic carbocycles. The molecule has 0 spiro atoms. The van der Waals surface area contributed by atoms with Crippen molar-refractivity contribution in [2.45, 2.75) is 24.6 Å². The molecule has 1 aliphatic rings. The Hall–Kier alpha value is -3.67. The minimum atomic E-state index is -3.15. The minimum absolute atomic E-state index is 0.0913. The first kappa shape index (κ1) is 23.1. The molecule has 182 valence electrons. The first-order valence-corrected chi connectivity index (χ1v) is 12.9. The van der Waals surface area contributed by atoms with Crippen molar-refractivity contribution in [2.75, 3.05) is 24.2 Å². The molecule has 0 amide bonds. The second-order valence-corrected chi connectivity index (χ2v) is 10.8. The summed E-state index contributed by atoms with van der Waals surface area (Å²) in [6, 6.07) is 9.72. The Bertz CT molecular complexity index is 1450. The van der Waals surface area contributed by atoms with Crippen LogP contribution in [0.25, 0.3) is 22.9 Å². The number of hydrogen-bond acceptors (Lipinski definition) is 8. The van der Waals surface area contributed by atoms with Crippen LogP contribution in [0.5, 0.6) is 0 Å². The van der Waals surface area contributed by atoms with Crippen LogP contribution in [0.4, 0.5) is 14.6 Å². The van der Waals surface area contributed by atoms with Crippen LogP contribution in [0.1, 0.15) is 18.4 Å². The van der Waals surface area contributed by atoms with E-state index in [1.807, 2.05) is 0 Å². The zero-order valence-corrected chi connectivity index (χ0v) is 19.6. The maximum atomic E-state index is 14.7. The number of aromatic nitrogens is 5. The van der Waals surface area contributed by atoms with Crippen LogP contribution >= 0.6 is 0 Å². The van der Waals surface area contributed by atoms with Crippen molar-refractivity contribution in [1.82, 2.24) is 24.9 Å². The van der Waals surface area contributed by atoms with Crippen molar-refractivity contribution < 1.29 is 21.7 Å². The van der Waals surface area contributed by atoms with Gasteiger partial charge in [-0.3, -0.25) is 4.68 Å². The third kappa shape index (κ3) is 4.78. The third-order valence-corrected chi connectivity index (χ3v) is 7.74. The van der Waals surface area contributed by atoms with Gasteiger partial charge in [-0.05, 0) is 25.0 Å². The Morgan fingerprint density at radius 3 is 2.54 bits per heavy atom. The summed E-state index contributed by atoms with van der Waals surface area (Å²) in [5, 5.41) is 8.08. The lowest BCUT2D eigenvalue weighted by molar-refractivity contribution is 0.421. The number of rotatable bonds is 6. The Kier molecular flexibility index (Phi) is 6.05. The van der Waals surface area contributed by atoms with Gasteiger partial charge < -0.3 is 9.42 Å². The fraction of sp³-hybridized carbons (Fsp3) is 0.304. The predicted molar refractivity (Wildman–Crippen MR) is 124 cm³/mol. The van der Waals surface area contributed by atoms with Gasteiger partial charge in [-0.2, -0.15) is 5.10 Å². The van der Waals surface area contributed by atoms with Gasteiger partial charge in [-0.1, -0.05) is 23.4 Å². The Labute approximate surface area is 200 Å². The van der Waals surface area contributed by atoms with E-state index >= 15 is 0 Å². The van der Waals surface area contributed by atoms with E-state index in [1.165, 1.54) is 18.6 Å². The number of piperidine rings is 1. The summed E-state index contributed by atoms with van der Waals surface area (Å²) in [6.45, 7) is 0.843. The van der Waals surface area contributed by atoms with Gasteiger partial charge in [-0.25, -0.2) is 27.2 Å². The highest BCUT2D eigenvalue weighted by Gasteiger charge is 2.29. The lowest BCUT2D eigenvalue weighted by Crippen LogP contribution is -2.39. The van der Waals surface area contributed by atoms with Crippen molar-refractivity contribution in [3.05, 3.63) is 66.1 Å². The molecule has 12 heteroatoms. The van der Waals surface area contributed by atoms with Crippen molar-refractivity contribution in [1.29, 1.82) is 0 Å². The first-order chi connectivity index (χ1) is 16.8. The fourth-order valence-electron chi connectivity index (χ4n) is 4.18. The number of sulfone groups is 1. The summed E-state index contributed by atoms with van der Waals surface area (Å²) in [5.74, 6) is -0.695. The van der Waals surface area contributed by atoms with E-state index in [0.29, 0.717) is 48.6 Å². The van der Waals surface area contributed by atoms with Crippen LogP contribution in [0.3, 0.4) is 0 Å². The maximum Gasteiger partial charge on any atom is 0.183 e. The molecule has 0 N–H and O–H groups in total. The predicted octanol–water partition coefficient (Wildman–Crippen LogP) is 3.34. The van der Waals surface area contributed by atoms with Crippen LogP contribution in [-0.4, -0.2) is 57.9 Å². The SMILES string of the molecule is CS(=O)(=O)C1CCN(c2nc(-c3cc(-c4ccon4)n(Cc4ccccc4F)n3)ncc2F)CC1. The number of benzene rings is 1. The van der Waals surface area contributed by atoms with Gasteiger partial charge in [0.1, 0.15) is 33.3 Å². The van der Waals surface area contributed by atoms with Gasteiger partial charge in [0.2, 0.25) is 0 Å². The lowest BCUT2D eigenvalue weighted by atomic mass is 10.1. The van der Waals surface area contributed by atoms with Gasteiger partial charge in [0, 0.05) is 31.0 Å². The number of nitrogens with zero attached hydrogens (tertiary/aromatic N) is 6. The van der Waals surface area contributed by atoms with Gasteiger partial charge in [-0.15, -0.1) is 0 Å². The van der Waals surface area contributed by atoms with Gasteiger partial charge in [0.25, 0.3) is 0 Å². The molecular formula is C23H22F2N6O3S. The molecule has 0 unspecified atom stereocenters. The molecule has 9 nitrogen and oxygen atoms in total. The van der Waals surface area contributed by atoms with Crippen molar-refractivity contribution in [2.24, 2.45) is 0 Å². The van der Waals surface area contributed by atoms with Crippen LogP contribution in [0, 0.1) is 11.6 Å². The molecule has 0 bridgehead atoms. The second kappa shape index (κ2) is 9.17. The molecule has 0 aliphatic carbocycles. The maximum absolute atomic E-state index is 14.7. The molecule has 4 aromatic rings. The largest absolute Gasteiger partial charge is 0.364 e. The number of halogens is 2. The molecule has 1 fully saturated rings. The average Bonchev–Trinajstić information content (AvgIpc) is 3.51. The van der Waals surface area contributed by atoms with E-state index in [2.05, 4.69) is 20.2 Å². The zero-order chi connectivity index (χ0) is 24.6. The van der Waals surface area contributed by atoms with Crippen molar-refractivity contribution in [3.63, 3.8) is 0 Å². The fourth-order valence-corrected chi connectivity index (χ4v) is 5.25. The molecule has 1 saturated heterocycles. The van der Waals surface area contributed by atoms with E-state index in [4.69, 9.17) is 4.52 Å². The van der Waals surface area contributed by atoms with Crippen LogP contribution in [0.2, 0.25) is 0 Å². The molecule has 5 rings (SSSR count). The van der Waals surface area contributed by atoms with Crippen LogP contribution < -0.4 is 4.90 Å². The van der Waals surface area contributed by atoms with Gasteiger partial charge >= 0.3 is 0 Å². The molecule has 3 aromatic heterocycles. The highest BCUT2D eigenvalue weighted by Crippen LogP contribution is 2.28. The van der Waals surface area contributed by atoms with Crippen molar-refractivity contribution in [3.8, 4) is 22.9 Å². The highest BCUT2D eigenvalue weighted by atomic mass is 32.2. The molecule has 0 saturated carbocycles. The van der Waals surface area contributed by atoms with E-state index in [-0.39, 0.29) is 24.0 Å². The lowest BCUT2D eigenvalue weighted by Gasteiger charge is -2.32. The van der Waals surface area contributed by atoms with Gasteiger partial charge in [0.05, 0.1) is 23.7 Å². The van der Waals surface area contributed by atoms with E-state index in [9.17, 15) is 17.2 Å². The highest BCUT2D eigenvalue weighted by molar-refractivity contribution is 7.91. The molecule has 0 radical (unpaired) electrons. The molecule has 4 heterocycles. The minimum Gasteiger partial charge on any atom is -0.364 e. The van der Waals surface area contributed by atoms with Gasteiger partial charge in [0.15, 0.2) is 17.5 Å².